The number of nitrogens with one attached hydrogen (secondary N) is 1. The molecule has 0 saturated carbocycles. The Balaban J connectivity index is 2.66. The fourth-order valence-corrected chi connectivity index (χ4v) is 1.09. The third-order valence-corrected chi connectivity index (χ3v) is 1.85. The maximum atomic E-state index is 11.7. The SMILES string of the molecule is CCONC(=O)c1cccnc1OCCOC. The van der Waals surface area contributed by atoms with Crippen LogP contribution in [0, 0.1) is 0 Å². The first-order valence-corrected chi connectivity index (χ1v) is 5.28. The highest BCUT2D eigenvalue weighted by Gasteiger charge is 2.13. The van der Waals surface area contributed by atoms with E-state index in [9.17, 15) is 4.79 Å². The number of nitrogens with zero attached hydrogens (tertiary/aromatic N) is 1. The Kier molecular flexibility index (Phi) is 5.98. The monoisotopic (exact) mass is 240 g/mol. The van der Waals surface area contributed by atoms with Crippen molar-refractivity contribution in [2.45, 2.75) is 6.92 Å². The standard InChI is InChI=1S/C11H16N2O4/c1-3-17-13-10(14)9-5-4-6-12-11(9)16-8-7-15-2/h4-6H,3,7-8H2,1-2H3,(H,13,14). The summed E-state index contributed by atoms with van der Waals surface area (Å²) in [6.45, 7) is 2.94. The Morgan fingerprint density at radius 3 is 3.00 bits per heavy atom. The Morgan fingerprint density at radius 1 is 1.47 bits per heavy atom. The van der Waals surface area contributed by atoms with Gasteiger partial charge in [-0.2, -0.15) is 0 Å². The van der Waals surface area contributed by atoms with Gasteiger partial charge in [0, 0.05) is 13.3 Å². The molecule has 0 fully saturated rings. The number of pyridine rings is 1. The van der Waals surface area contributed by atoms with Crippen LogP contribution < -0.4 is 10.2 Å². The summed E-state index contributed by atoms with van der Waals surface area (Å²) in [5.41, 5.74) is 2.62. The number of rotatable bonds is 7. The molecule has 1 aromatic rings. The van der Waals surface area contributed by atoms with E-state index in [0.717, 1.165) is 0 Å². The van der Waals surface area contributed by atoms with Gasteiger partial charge in [-0.15, -0.1) is 0 Å². The molecule has 0 aliphatic heterocycles. The van der Waals surface area contributed by atoms with Crippen LogP contribution >= 0.6 is 0 Å². The second-order valence-electron chi connectivity index (χ2n) is 3.06. The largest absolute Gasteiger partial charge is 0.475 e. The lowest BCUT2D eigenvalue weighted by molar-refractivity contribution is 0.0359. The second-order valence-corrected chi connectivity index (χ2v) is 3.06. The maximum Gasteiger partial charge on any atom is 0.280 e. The Hall–Kier alpha value is -1.66. The van der Waals surface area contributed by atoms with Gasteiger partial charge >= 0.3 is 0 Å². The third kappa shape index (κ3) is 4.38. The van der Waals surface area contributed by atoms with Crippen LogP contribution in [0.15, 0.2) is 18.3 Å². The quantitative estimate of drug-likeness (QED) is 0.563. The molecule has 0 spiro atoms. The molecule has 0 bridgehead atoms. The molecule has 1 rings (SSSR count). The number of hydrogen-bond donors (Lipinski definition) is 1. The molecule has 1 N–H and O–H groups in total. The Bertz CT molecular complexity index is 357. The van der Waals surface area contributed by atoms with Crippen molar-refractivity contribution >= 4 is 5.91 Å². The van der Waals surface area contributed by atoms with Crippen molar-refractivity contribution in [2.75, 3.05) is 26.9 Å². The van der Waals surface area contributed by atoms with Crippen LogP contribution in [0.3, 0.4) is 0 Å². The van der Waals surface area contributed by atoms with Gasteiger partial charge < -0.3 is 9.47 Å². The maximum absolute atomic E-state index is 11.7. The zero-order valence-electron chi connectivity index (χ0n) is 9.93. The highest BCUT2D eigenvalue weighted by atomic mass is 16.6. The molecule has 0 unspecified atom stereocenters. The fourth-order valence-electron chi connectivity index (χ4n) is 1.09. The fraction of sp³-hybridized carbons (Fsp3) is 0.455. The molecule has 1 heterocycles. The van der Waals surface area contributed by atoms with E-state index < -0.39 is 0 Å². The molecule has 17 heavy (non-hydrogen) atoms. The van der Waals surface area contributed by atoms with Crippen LogP contribution in [0.2, 0.25) is 0 Å². The lowest BCUT2D eigenvalue weighted by Crippen LogP contribution is -2.24. The number of carbonyl (C=O) groups excluding carboxylic acids is 1. The van der Waals surface area contributed by atoms with Crippen LogP contribution in [0.25, 0.3) is 0 Å². The van der Waals surface area contributed by atoms with Gasteiger partial charge in [-0.1, -0.05) is 0 Å². The number of carbonyl (C=O) groups is 1. The van der Waals surface area contributed by atoms with Crippen LogP contribution in [0.5, 0.6) is 5.88 Å². The zero-order chi connectivity index (χ0) is 12.5. The number of aromatic nitrogens is 1. The number of methoxy groups -OCH3 is 1. The molecular weight excluding hydrogens is 224 g/mol. The van der Waals surface area contributed by atoms with Crippen molar-refractivity contribution in [1.29, 1.82) is 0 Å². The minimum Gasteiger partial charge on any atom is -0.475 e. The van der Waals surface area contributed by atoms with Gasteiger partial charge in [0.05, 0.1) is 13.2 Å². The summed E-state index contributed by atoms with van der Waals surface area (Å²) >= 11 is 0. The number of hydrogen-bond acceptors (Lipinski definition) is 5. The molecule has 0 aromatic carbocycles. The molecule has 1 aromatic heterocycles. The van der Waals surface area contributed by atoms with Crippen LogP contribution in [-0.2, 0) is 9.57 Å². The Morgan fingerprint density at radius 2 is 2.29 bits per heavy atom. The Labute approximate surface area is 99.8 Å². The number of amides is 1. The van der Waals surface area contributed by atoms with Gasteiger partial charge in [-0.05, 0) is 19.1 Å². The molecule has 6 heteroatoms. The van der Waals surface area contributed by atoms with E-state index in [1.54, 1.807) is 32.4 Å². The van der Waals surface area contributed by atoms with E-state index in [0.29, 0.717) is 25.4 Å². The summed E-state index contributed by atoms with van der Waals surface area (Å²) in [4.78, 5) is 20.5. The molecule has 1 amide bonds. The second kappa shape index (κ2) is 7.59. The summed E-state index contributed by atoms with van der Waals surface area (Å²) in [6, 6.07) is 3.27. The highest BCUT2D eigenvalue weighted by Crippen LogP contribution is 2.13. The summed E-state index contributed by atoms with van der Waals surface area (Å²) in [5, 5.41) is 0. The van der Waals surface area contributed by atoms with Crippen molar-refractivity contribution in [1.82, 2.24) is 10.5 Å². The number of hydroxylamine groups is 1. The van der Waals surface area contributed by atoms with Crippen molar-refractivity contribution < 1.29 is 19.1 Å². The van der Waals surface area contributed by atoms with Gasteiger partial charge in [0.2, 0.25) is 5.88 Å². The van der Waals surface area contributed by atoms with Gasteiger partial charge in [0.1, 0.15) is 12.2 Å². The summed E-state index contributed by atoms with van der Waals surface area (Å²) in [5.74, 6) is -0.117. The first-order valence-electron chi connectivity index (χ1n) is 5.28. The third-order valence-electron chi connectivity index (χ3n) is 1.85. The number of ether oxygens (including phenoxy) is 2. The van der Waals surface area contributed by atoms with E-state index in [1.165, 1.54) is 0 Å². The molecule has 0 aliphatic rings. The van der Waals surface area contributed by atoms with E-state index in [-0.39, 0.29) is 11.8 Å². The summed E-state index contributed by atoms with van der Waals surface area (Å²) in [6.07, 6.45) is 1.56. The van der Waals surface area contributed by atoms with Gasteiger partial charge in [-0.3, -0.25) is 9.63 Å². The molecule has 0 radical (unpaired) electrons. The van der Waals surface area contributed by atoms with Crippen LogP contribution in [0.4, 0.5) is 0 Å². The van der Waals surface area contributed by atoms with Gasteiger partial charge in [-0.25, -0.2) is 10.5 Å². The highest BCUT2D eigenvalue weighted by molar-refractivity contribution is 5.95. The van der Waals surface area contributed by atoms with Crippen molar-refractivity contribution in [2.24, 2.45) is 0 Å². The predicted molar refractivity (Wildman–Crippen MR) is 60.7 cm³/mol. The van der Waals surface area contributed by atoms with Crippen molar-refractivity contribution in [3.8, 4) is 5.88 Å². The summed E-state index contributed by atoms with van der Waals surface area (Å²) < 4.78 is 10.2. The van der Waals surface area contributed by atoms with Crippen LogP contribution in [0.1, 0.15) is 17.3 Å². The molecule has 6 nitrogen and oxygen atoms in total. The topological polar surface area (TPSA) is 69.7 Å². The smallest absolute Gasteiger partial charge is 0.280 e. The van der Waals surface area contributed by atoms with Gasteiger partial charge in [0.25, 0.3) is 5.91 Å². The van der Waals surface area contributed by atoms with Crippen LogP contribution in [-0.4, -0.2) is 37.8 Å². The first kappa shape index (κ1) is 13.4. The first-order chi connectivity index (χ1) is 8.29. The lowest BCUT2D eigenvalue weighted by Gasteiger charge is -2.09. The average Bonchev–Trinajstić information content (AvgIpc) is 2.37. The summed E-state index contributed by atoms with van der Waals surface area (Å²) in [7, 11) is 1.57. The van der Waals surface area contributed by atoms with Gasteiger partial charge in [0.15, 0.2) is 0 Å². The minimum atomic E-state index is -0.382. The van der Waals surface area contributed by atoms with E-state index in [4.69, 9.17) is 14.3 Å². The minimum absolute atomic E-state index is 0.266. The average molecular weight is 240 g/mol. The lowest BCUT2D eigenvalue weighted by atomic mass is 10.2. The normalized spacial score (nSPS) is 10.0. The van der Waals surface area contributed by atoms with Crippen molar-refractivity contribution in [3.63, 3.8) is 0 Å². The molecule has 0 saturated heterocycles. The predicted octanol–water partition coefficient (Wildman–Crippen LogP) is 0.788. The van der Waals surface area contributed by atoms with E-state index in [2.05, 4.69) is 10.5 Å². The molecule has 94 valence electrons. The molecule has 0 aliphatic carbocycles. The van der Waals surface area contributed by atoms with E-state index >= 15 is 0 Å². The van der Waals surface area contributed by atoms with Crippen molar-refractivity contribution in [3.05, 3.63) is 23.9 Å². The molecule has 0 atom stereocenters. The zero-order valence-corrected chi connectivity index (χ0v) is 9.93. The molecular formula is C11H16N2O4. The van der Waals surface area contributed by atoms with E-state index in [1.807, 2.05) is 0 Å².